The predicted molar refractivity (Wildman–Crippen MR) is 69.2 cm³/mol. The van der Waals surface area contributed by atoms with Crippen molar-refractivity contribution in [3.8, 4) is 0 Å². The zero-order valence-corrected chi connectivity index (χ0v) is 11.5. The van der Waals surface area contributed by atoms with Crippen LogP contribution in [0.1, 0.15) is 18.9 Å². The number of anilines is 2. The number of hydrogen-bond donors (Lipinski definition) is 2. The predicted octanol–water partition coefficient (Wildman–Crippen LogP) is 3.00. The average Bonchev–Trinajstić information content (AvgIpc) is 2.81. The van der Waals surface area contributed by atoms with Gasteiger partial charge < -0.3 is 15.1 Å². The van der Waals surface area contributed by atoms with Crippen LogP contribution in [0.25, 0.3) is 0 Å². The van der Waals surface area contributed by atoms with Gasteiger partial charge >= 0.3 is 6.01 Å². The molecule has 18 heavy (non-hydrogen) atoms. The molecule has 2 aromatic rings. The third-order valence-corrected chi connectivity index (χ3v) is 3.11. The quantitative estimate of drug-likeness (QED) is 0.908. The van der Waals surface area contributed by atoms with Gasteiger partial charge in [-0.05, 0) is 48.1 Å². The standard InChI is InChI=1S/C11H12BrFN4O/c1-6(14-2)10-16-17-11(18-10)15-9-5-7(13)3-4-8(9)12/h3-6,14H,1-2H3,(H,15,17). The number of nitrogens with one attached hydrogen (secondary N) is 2. The summed E-state index contributed by atoms with van der Waals surface area (Å²) in [7, 11) is 1.80. The minimum absolute atomic E-state index is 0.0380. The average molecular weight is 315 g/mol. The van der Waals surface area contributed by atoms with E-state index in [1.165, 1.54) is 12.1 Å². The van der Waals surface area contributed by atoms with E-state index < -0.39 is 0 Å². The van der Waals surface area contributed by atoms with Gasteiger partial charge in [-0.3, -0.25) is 0 Å². The van der Waals surface area contributed by atoms with Crippen molar-refractivity contribution in [3.63, 3.8) is 0 Å². The molecule has 0 fully saturated rings. The van der Waals surface area contributed by atoms with Gasteiger partial charge in [-0.1, -0.05) is 5.10 Å². The van der Waals surface area contributed by atoms with E-state index in [2.05, 4.69) is 36.8 Å². The summed E-state index contributed by atoms with van der Waals surface area (Å²) in [4.78, 5) is 0. The minimum atomic E-state index is -0.343. The monoisotopic (exact) mass is 314 g/mol. The number of nitrogens with zero attached hydrogens (tertiary/aromatic N) is 2. The van der Waals surface area contributed by atoms with Crippen LogP contribution in [0.4, 0.5) is 16.1 Å². The molecule has 0 aliphatic carbocycles. The van der Waals surface area contributed by atoms with E-state index >= 15 is 0 Å². The molecule has 5 nitrogen and oxygen atoms in total. The number of hydrogen-bond acceptors (Lipinski definition) is 5. The Labute approximate surface area is 112 Å². The Kier molecular flexibility index (Phi) is 3.93. The molecule has 1 atom stereocenters. The maximum absolute atomic E-state index is 13.1. The van der Waals surface area contributed by atoms with E-state index in [-0.39, 0.29) is 17.9 Å². The summed E-state index contributed by atoms with van der Waals surface area (Å²) in [6.07, 6.45) is 0. The lowest BCUT2D eigenvalue weighted by Crippen LogP contribution is -2.12. The zero-order valence-electron chi connectivity index (χ0n) is 9.87. The van der Waals surface area contributed by atoms with Gasteiger partial charge in [-0.15, -0.1) is 5.10 Å². The summed E-state index contributed by atoms with van der Waals surface area (Å²) in [5, 5.41) is 13.6. The van der Waals surface area contributed by atoms with Crippen molar-refractivity contribution < 1.29 is 8.81 Å². The van der Waals surface area contributed by atoms with Crippen LogP contribution in [0.2, 0.25) is 0 Å². The Bertz CT molecular complexity index is 546. The Morgan fingerprint density at radius 3 is 2.89 bits per heavy atom. The molecule has 2 N–H and O–H groups in total. The van der Waals surface area contributed by atoms with E-state index in [4.69, 9.17) is 4.42 Å². The molecule has 1 aromatic heterocycles. The molecule has 0 saturated carbocycles. The van der Waals surface area contributed by atoms with Crippen LogP contribution in [0.15, 0.2) is 27.1 Å². The van der Waals surface area contributed by atoms with Crippen LogP contribution in [0, 0.1) is 5.82 Å². The first-order valence-corrected chi connectivity index (χ1v) is 6.12. The summed E-state index contributed by atoms with van der Waals surface area (Å²) in [5.41, 5.74) is 0.530. The number of rotatable bonds is 4. The molecular weight excluding hydrogens is 303 g/mol. The Balaban J connectivity index is 2.18. The first-order chi connectivity index (χ1) is 8.60. The fraction of sp³-hybridized carbons (Fsp3) is 0.273. The minimum Gasteiger partial charge on any atom is -0.406 e. The van der Waals surface area contributed by atoms with Crippen LogP contribution in [0.3, 0.4) is 0 Å². The van der Waals surface area contributed by atoms with E-state index in [9.17, 15) is 4.39 Å². The Morgan fingerprint density at radius 2 is 2.17 bits per heavy atom. The second-order valence-corrected chi connectivity index (χ2v) is 4.56. The molecule has 2 rings (SSSR count). The topological polar surface area (TPSA) is 63.0 Å². The highest BCUT2D eigenvalue weighted by molar-refractivity contribution is 9.10. The van der Waals surface area contributed by atoms with Crippen molar-refractivity contribution >= 4 is 27.6 Å². The highest BCUT2D eigenvalue weighted by Gasteiger charge is 2.12. The summed E-state index contributed by atoms with van der Waals surface area (Å²) < 4.78 is 19.2. The van der Waals surface area contributed by atoms with Gasteiger partial charge in [-0.25, -0.2) is 4.39 Å². The van der Waals surface area contributed by atoms with Gasteiger partial charge in [0.1, 0.15) is 5.82 Å². The SMILES string of the molecule is CNC(C)c1nnc(Nc2cc(F)ccc2Br)o1. The van der Waals surface area contributed by atoms with Gasteiger partial charge in [0.15, 0.2) is 0 Å². The summed E-state index contributed by atoms with van der Waals surface area (Å²) in [6, 6.07) is 4.49. The van der Waals surface area contributed by atoms with Gasteiger partial charge in [-0.2, -0.15) is 0 Å². The lowest BCUT2D eigenvalue weighted by Gasteiger charge is -2.05. The van der Waals surface area contributed by atoms with Crippen molar-refractivity contribution in [2.75, 3.05) is 12.4 Å². The zero-order chi connectivity index (χ0) is 13.1. The van der Waals surface area contributed by atoms with Crippen molar-refractivity contribution in [1.82, 2.24) is 15.5 Å². The van der Waals surface area contributed by atoms with Crippen LogP contribution >= 0.6 is 15.9 Å². The highest BCUT2D eigenvalue weighted by Crippen LogP contribution is 2.26. The largest absolute Gasteiger partial charge is 0.406 e. The summed E-state index contributed by atoms with van der Waals surface area (Å²) in [5.74, 6) is 0.122. The van der Waals surface area contributed by atoms with Crippen LogP contribution in [-0.2, 0) is 0 Å². The molecule has 0 spiro atoms. The van der Waals surface area contributed by atoms with E-state index in [0.29, 0.717) is 16.1 Å². The van der Waals surface area contributed by atoms with Gasteiger partial charge in [0, 0.05) is 4.47 Å². The molecule has 1 unspecified atom stereocenters. The second-order valence-electron chi connectivity index (χ2n) is 3.70. The van der Waals surface area contributed by atoms with Crippen LogP contribution in [0.5, 0.6) is 0 Å². The molecule has 7 heteroatoms. The number of benzene rings is 1. The molecule has 1 heterocycles. The fourth-order valence-corrected chi connectivity index (χ4v) is 1.64. The normalized spacial score (nSPS) is 12.4. The number of halogens is 2. The van der Waals surface area contributed by atoms with Crippen LogP contribution < -0.4 is 10.6 Å². The van der Waals surface area contributed by atoms with Gasteiger partial charge in [0.2, 0.25) is 5.89 Å². The first-order valence-electron chi connectivity index (χ1n) is 5.33. The van der Waals surface area contributed by atoms with Gasteiger partial charge in [0.25, 0.3) is 0 Å². The Hall–Kier alpha value is -1.47. The molecular formula is C11H12BrFN4O. The lowest BCUT2D eigenvalue weighted by atomic mass is 10.3. The molecule has 96 valence electrons. The Morgan fingerprint density at radius 1 is 1.39 bits per heavy atom. The van der Waals surface area contributed by atoms with Crippen molar-refractivity contribution in [1.29, 1.82) is 0 Å². The molecule has 0 aliphatic heterocycles. The molecule has 1 aromatic carbocycles. The summed E-state index contributed by atoms with van der Waals surface area (Å²) in [6.45, 7) is 1.90. The first kappa shape index (κ1) is 13.0. The third kappa shape index (κ3) is 2.85. The smallest absolute Gasteiger partial charge is 0.320 e. The van der Waals surface area contributed by atoms with Gasteiger partial charge in [0.05, 0.1) is 11.7 Å². The molecule has 0 radical (unpaired) electrons. The number of aromatic nitrogens is 2. The van der Waals surface area contributed by atoms with Crippen LogP contribution in [-0.4, -0.2) is 17.2 Å². The molecule has 0 amide bonds. The maximum atomic E-state index is 13.1. The van der Waals surface area contributed by atoms with E-state index in [1.54, 1.807) is 13.1 Å². The van der Waals surface area contributed by atoms with E-state index in [1.807, 2.05) is 6.92 Å². The van der Waals surface area contributed by atoms with Crippen molar-refractivity contribution in [2.24, 2.45) is 0 Å². The van der Waals surface area contributed by atoms with Crippen molar-refractivity contribution in [2.45, 2.75) is 13.0 Å². The highest BCUT2D eigenvalue weighted by atomic mass is 79.9. The van der Waals surface area contributed by atoms with Crippen molar-refractivity contribution in [3.05, 3.63) is 34.4 Å². The maximum Gasteiger partial charge on any atom is 0.320 e. The fourth-order valence-electron chi connectivity index (χ4n) is 1.29. The second kappa shape index (κ2) is 5.45. The molecule has 0 bridgehead atoms. The molecule has 0 saturated heterocycles. The third-order valence-electron chi connectivity index (χ3n) is 2.41. The lowest BCUT2D eigenvalue weighted by molar-refractivity contribution is 0.443. The summed E-state index contributed by atoms with van der Waals surface area (Å²) >= 11 is 3.31. The van der Waals surface area contributed by atoms with E-state index in [0.717, 1.165) is 0 Å². The molecule has 0 aliphatic rings.